The quantitative estimate of drug-likeness (QED) is 0.571. The highest BCUT2D eigenvalue weighted by Gasteiger charge is 2.59. The van der Waals surface area contributed by atoms with Gasteiger partial charge in [0.2, 0.25) is 9.05 Å². The molecule has 2 nitrogen and oxygen atoms in total. The van der Waals surface area contributed by atoms with Crippen LogP contribution >= 0.6 is 22.3 Å². The Labute approximate surface area is 101 Å². The molecule has 0 radical (unpaired) electrons. The molecule has 3 aliphatic rings. The second-order valence-electron chi connectivity index (χ2n) is 5.43. The third-order valence-corrected chi connectivity index (χ3v) is 6.91. The minimum absolute atomic E-state index is 0.0363. The molecule has 15 heavy (non-hydrogen) atoms. The van der Waals surface area contributed by atoms with Crippen molar-refractivity contribution in [3.8, 4) is 0 Å². The van der Waals surface area contributed by atoms with E-state index in [0.717, 1.165) is 6.42 Å². The van der Waals surface area contributed by atoms with Crippen LogP contribution in [0.15, 0.2) is 0 Å². The average Bonchev–Trinajstić information content (AvgIpc) is 2.14. The number of alkyl halides is 1. The van der Waals surface area contributed by atoms with E-state index in [9.17, 15) is 8.42 Å². The highest BCUT2D eigenvalue weighted by atomic mass is 35.7. The molecule has 0 aliphatic heterocycles. The third kappa shape index (κ3) is 1.71. The molecule has 88 valence electrons. The van der Waals surface area contributed by atoms with Gasteiger partial charge >= 0.3 is 0 Å². The van der Waals surface area contributed by atoms with Crippen LogP contribution in [0.5, 0.6) is 0 Å². The predicted octanol–water partition coefficient (Wildman–Crippen LogP) is 2.84. The summed E-state index contributed by atoms with van der Waals surface area (Å²) in [6, 6.07) is 0. The van der Waals surface area contributed by atoms with Crippen LogP contribution in [0, 0.1) is 23.2 Å². The number of hydrogen-bond donors (Lipinski definition) is 0. The first-order valence-corrected chi connectivity index (χ1v) is 8.18. The smallest absolute Gasteiger partial charge is 0.212 e. The molecule has 0 unspecified atom stereocenters. The maximum atomic E-state index is 11.4. The van der Waals surface area contributed by atoms with Gasteiger partial charge in [0.05, 0.1) is 5.25 Å². The first-order valence-electron chi connectivity index (χ1n) is 5.28. The van der Waals surface area contributed by atoms with Gasteiger partial charge in [0.25, 0.3) is 0 Å². The number of halogens is 2. The summed E-state index contributed by atoms with van der Waals surface area (Å²) >= 11 is 5.90. The lowest BCUT2D eigenvalue weighted by Crippen LogP contribution is -2.59. The molecular formula is C10H16Cl2O2S. The fraction of sp³-hybridized carbons (Fsp3) is 1.00. The minimum atomic E-state index is -3.45. The van der Waals surface area contributed by atoms with E-state index in [1.54, 1.807) is 0 Å². The minimum Gasteiger partial charge on any atom is -0.212 e. The second kappa shape index (κ2) is 3.51. The Balaban J connectivity index is 2.27. The molecule has 0 spiro atoms. The topological polar surface area (TPSA) is 34.1 Å². The number of fused-ring (bicyclic) bond motifs is 2. The van der Waals surface area contributed by atoms with Crippen molar-refractivity contribution in [1.82, 2.24) is 0 Å². The third-order valence-electron chi connectivity index (χ3n) is 4.60. The average molecular weight is 271 g/mol. The van der Waals surface area contributed by atoms with E-state index in [-0.39, 0.29) is 11.3 Å². The van der Waals surface area contributed by atoms with E-state index in [2.05, 4.69) is 13.8 Å². The summed E-state index contributed by atoms with van der Waals surface area (Å²) in [7, 11) is 2.03. The Morgan fingerprint density at radius 1 is 1.33 bits per heavy atom. The van der Waals surface area contributed by atoms with E-state index in [1.165, 1.54) is 0 Å². The van der Waals surface area contributed by atoms with Gasteiger partial charge in [-0.15, -0.1) is 11.6 Å². The zero-order valence-electron chi connectivity index (χ0n) is 8.91. The van der Waals surface area contributed by atoms with E-state index in [1.807, 2.05) is 0 Å². The number of rotatable bonds is 2. The van der Waals surface area contributed by atoms with Crippen LogP contribution in [0.1, 0.15) is 26.7 Å². The summed E-state index contributed by atoms with van der Waals surface area (Å²) in [5, 5.41) is -0.423. The molecule has 0 aromatic carbocycles. The molecule has 3 fully saturated rings. The summed E-state index contributed by atoms with van der Waals surface area (Å²) in [5.41, 5.74) is 0.248. The highest BCUT2D eigenvalue weighted by molar-refractivity contribution is 8.14. The van der Waals surface area contributed by atoms with E-state index in [4.69, 9.17) is 22.3 Å². The predicted molar refractivity (Wildman–Crippen MR) is 62.8 cm³/mol. The van der Waals surface area contributed by atoms with Gasteiger partial charge in [-0.25, -0.2) is 8.42 Å². The Morgan fingerprint density at radius 3 is 2.33 bits per heavy atom. The van der Waals surface area contributed by atoms with Gasteiger partial charge < -0.3 is 0 Å². The Bertz CT molecular complexity index is 364. The maximum absolute atomic E-state index is 11.4. The zero-order chi connectivity index (χ0) is 11.4. The fourth-order valence-electron chi connectivity index (χ4n) is 3.43. The molecule has 3 saturated carbocycles. The van der Waals surface area contributed by atoms with Gasteiger partial charge in [-0.05, 0) is 36.0 Å². The Morgan fingerprint density at radius 2 is 1.93 bits per heavy atom. The summed E-state index contributed by atoms with van der Waals surface area (Å²) in [6.07, 6.45) is 1.81. The summed E-state index contributed by atoms with van der Waals surface area (Å²) in [5.74, 6) is 1.36. The monoisotopic (exact) mass is 270 g/mol. The van der Waals surface area contributed by atoms with Crippen molar-refractivity contribution in [2.45, 2.75) is 31.9 Å². The second-order valence-corrected chi connectivity index (χ2v) is 8.58. The number of hydrogen-bond acceptors (Lipinski definition) is 2. The van der Waals surface area contributed by atoms with Crippen molar-refractivity contribution in [2.24, 2.45) is 23.2 Å². The first kappa shape index (κ1) is 12.0. The Kier molecular flexibility index (Phi) is 2.81. The van der Waals surface area contributed by atoms with Crippen molar-refractivity contribution < 1.29 is 8.42 Å². The summed E-state index contributed by atoms with van der Waals surface area (Å²) in [4.78, 5) is 0. The SMILES string of the molecule is CC1(C)[C@@H]2C[C@H]1[C@H](CCl)[C@@H](S(=O)(=O)Cl)C2. The van der Waals surface area contributed by atoms with Crippen LogP contribution in [0.25, 0.3) is 0 Å². The van der Waals surface area contributed by atoms with E-state index >= 15 is 0 Å². The van der Waals surface area contributed by atoms with Gasteiger partial charge in [0.1, 0.15) is 0 Å². The van der Waals surface area contributed by atoms with E-state index < -0.39 is 14.3 Å². The van der Waals surface area contributed by atoms with Crippen molar-refractivity contribution in [1.29, 1.82) is 0 Å². The van der Waals surface area contributed by atoms with Gasteiger partial charge in [0, 0.05) is 16.6 Å². The van der Waals surface area contributed by atoms with Crippen LogP contribution in [-0.4, -0.2) is 19.5 Å². The van der Waals surface area contributed by atoms with Crippen LogP contribution in [0.2, 0.25) is 0 Å². The van der Waals surface area contributed by atoms with Crippen molar-refractivity contribution >= 4 is 31.3 Å². The van der Waals surface area contributed by atoms with Crippen LogP contribution < -0.4 is 0 Å². The van der Waals surface area contributed by atoms with Crippen LogP contribution in [0.4, 0.5) is 0 Å². The van der Waals surface area contributed by atoms with Gasteiger partial charge in [0.15, 0.2) is 0 Å². The molecule has 0 aromatic heterocycles. The molecule has 5 heteroatoms. The molecule has 0 amide bonds. The van der Waals surface area contributed by atoms with Crippen LogP contribution in [-0.2, 0) is 9.05 Å². The molecule has 0 N–H and O–H groups in total. The zero-order valence-corrected chi connectivity index (χ0v) is 11.2. The van der Waals surface area contributed by atoms with Crippen molar-refractivity contribution in [2.75, 3.05) is 5.88 Å². The first-order chi connectivity index (χ1) is 6.78. The molecule has 0 aromatic rings. The van der Waals surface area contributed by atoms with Gasteiger partial charge in [-0.1, -0.05) is 13.8 Å². The lowest BCUT2D eigenvalue weighted by molar-refractivity contribution is -0.0949. The van der Waals surface area contributed by atoms with Crippen LogP contribution in [0.3, 0.4) is 0 Å². The van der Waals surface area contributed by atoms with Gasteiger partial charge in [-0.3, -0.25) is 0 Å². The molecule has 3 rings (SSSR count). The van der Waals surface area contributed by atoms with E-state index in [0.29, 0.717) is 24.1 Å². The summed E-state index contributed by atoms with van der Waals surface area (Å²) in [6.45, 7) is 4.42. The normalized spacial score (nSPS) is 43.5. The standard InChI is InChI=1S/C10H16Cl2O2S/c1-10(2)6-3-8(10)7(5-11)9(4-6)15(12,13)14/h6-9H,3-5H2,1-2H3/t6-,7+,8+,9+/m1/s1. The molecular weight excluding hydrogens is 255 g/mol. The lowest BCUT2D eigenvalue weighted by Gasteiger charge is -2.61. The molecule has 3 aliphatic carbocycles. The molecule has 0 saturated heterocycles. The van der Waals surface area contributed by atoms with Crippen molar-refractivity contribution in [3.05, 3.63) is 0 Å². The highest BCUT2D eigenvalue weighted by Crippen LogP contribution is 2.62. The lowest BCUT2D eigenvalue weighted by atomic mass is 9.46. The maximum Gasteiger partial charge on any atom is 0.235 e. The molecule has 2 bridgehead atoms. The molecule has 4 atom stereocenters. The van der Waals surface area contributed by atoms with Crippen molar-refractivity contribution in [3.63, 3.8) is 0 Å². The molecule has 0 heterocycles. The fourth-order valence-corrected chi connectivity index (χ4v) is 5.74. The summed E-state index contributed by atoms with van der Waals surface area (Å²) < 4.78 is 22.9. The largest absolute Gasteiger partial charge is 0.235 e. The van der Waals surface area contributed by atoms with Gasteiger partial charge in [-0.2, -0.15) is 0 Å². The Hall–Kier alpha value is 0.530.